The predicted molar refractivity (Wildman–Crippen MR) is 137 cm³/mol. The van der Waals surface area contributed by atoms with Crippen molar-refractivity contribution >= 4 is 24.0 Å². The molecule has 6 N–H and O–H groups in total. The number of carbonyl (C=O) groups excluding carboxylic acids is 2. The number of epoxide rings is 1. The Kier molecular flexibility index (Phi) is 6.91. The van der Waals surface area contributed by atoms with Crippen molar-refractivity contribution in [2.24, 2.45) is 5.73 Å². The van der Waals surface area contributed by atoms with Crippen LogP contribution < -0.4 is 10.5 Å². The molecule has 2 heterocycles. The Balaban J connectivity index is 0.00000308. The van der Waals surface area contributed by atoms with Crippen LogP contribution in [0.25, 0.3) is 0 Å². The van der Waals surface area contributed by atoms with Crippen molar-refractivity contribution in [2.45, 2.75) is 68.5 Å². The quantitative estimate of drug-likeness (QED) is 0.228. The highest BCUT2D eigenvalue weighted by atomic mass is 35.5. The van der Waals surface area contributed by atoms with E-state index >= 15 is 0 Å². The Morgan fingerprint density at radius 3 is 2.44 bits per heavy atom. The molecule has 7 atom stereocenters. The van der Waals surface area contributed by atoms with Gasteiger partial charge in [0, 0.05) is 42.0 Å². The highest BCUT2D eigenvalue weighted by Gasteiger charge is 2.54. The van der Waals surface area contributed by atoms with Gasteiger partial charge in [0.15, 0.2) is 12.1 Å². The number of nitrogens with two attached hydrogens (primary N) is 1. The number of halogens is 1. The van der Waals surface area contributed by atoms with Gasteiger partial charge in [-0.15, -0.1) is 12.4 Å². The number of ether oxygens (including phenoxy) is 4. The molecule has 210 valence electrons. The van der Waals surface area contributed by atoms with Crippen molar-refractivity contribution in [3.63, 3.8) is 0 Å². The number of methoxy groups -OCH3 is 1. The molecule has 2 aliphatic heterocycles. The number of rotatable bonds is 4. The fourth-order valence-corrected chi connectivity index (χ4v) is 6.02. The van der Waals surface area contributed by atoms with Crippen LogP contribution >= 0.6 is 12.4 Å². The van der Waals surface area contributed by atoms with Crippen LogP contribution in [0.2, 0.25) is 0 Å². The number of carbonyl (C=O) groups is 2. The van der Waals surface area contributed by atoms with Crippen LogP contribution in [0, 0.1) is 0 Å². The second kappa shape index (κ2) is 9.70. The average Bonchev–Trinajstić information content (AvgIpc) is 3.73. The average molecular weight is 564 g/mol. The summed E-state index contributed by atoms with van der Waals surface area (Å²) in [6, 6.07) is 3.91. The smallest absolute Gasteiger partial charge is 0.202 e. The lowest BCUT2D eigenvalue weighted by Gasteiger charge is -2.42. The van der Waals surface area contributed by atoms with Gasteiger partial charge in [0.05, 0.1) is 48.7 Å². The van der Waals surface area contributed by atoms with E-state index in [0.717, 1.165) is 0 Å². The molecule has 2 aliphatic carbocycles. The van der Waals surface area contributed by atoms with Crippen LogP contribution in [0.4, 0.5) is 0 Å². The maximum atomic E-state index is 13.7. The van der Waals surface area contributed by atoms with E-state index in [0.29, 0.717) is 6.61 Å². The van der Waals surface area contributed by atoms with Gasteiger partial charge in [-0.2, -0.15) is 0 Å². The van der Waals surface area contributed by atoms with Crippen LogP contribution in [0.15, 0.2) is 18.2 Å². The molecule has 0 spiro atoms. The molecular weight excluding hydrogens is 534 g/mol. The van der Waals surface area contributed by atoms with Gasteiger partial charge in [-0.25, -0.2) is 0 Å². The minimum absolute atomic E-state index is 0. The molecule has 2 aromatic rings. The Labute approximate surface area is 229 Å². The third-order valence-electron chi connectivity index (χ3n) is 8.10. The van der Waals surface area contributed by atoms with Gasteiger partial charge < -0.3 is 45.1 Å². The number of phenols is 2. The fraction of sp³-hybridized carbons (Fsp3) is 0.481. The summed E-state index contributed by atoms with van der Waals surface area (Å²) in [5.41, 5.74) is 4.11. The first-order valence-electron chi connectivity index (χ1n) is 12.5. The molecule has 12 heteroatoms. The van der Waals surface area contributed by atoms with Gasteiger partial charge in [0.1, 0.15) is 29.0 Å². The molecule has 0 saturated carbocycles. The molecule has 2 aromatic carbocycles. The Bertz CT molecular complexity index is 1350. The zero-order valence-electron chi connectivity index (χ0n) is 21.2. The maximum absolute atomic E-state index is 13.7. The molecule has 0 bridgehead atoms. The summed E-state index contributed by atoms with van der Waals surface area (Å²) >= 11 is 0. The molecule has 2 fully saturated rings. The Hall–Kier alpha value is -2.77. The normalized spacial score (nSPS) is 32.9. The molecule has 0 radical (unpaired) electrons. The highest BCUT2D eigenvalue weighted by molar-refractivity contribution is 6.31. The molecule has 4 aliphatic rings. The Morgan fingerprint density at radius 2 is 1.79 bits per heavy atom. The summed E-state index contributed by atoms with van der Waals surface area (Å²) in [4.78, 5) is 27.2. The van der Waals surface area contributed by atoms with Crippen LogP contribution in [0.3, 0.4) is 0 Å². The van der Waals surface area contributed by atoms with Crippen molar-refractivity contribution in [3.05, 3.63) is 51.6 Å². The molecule has 6 rings (SSSR count). The van der Waals surface area contributed by atoms with Gasteiger partial charge in [-0.05, 0) is 13.0 Å². The second-order valence-corrected chi connectivity index (χ2v) is 10.5. The first kappa shape index (κ1) is 27.8. The maximum Gasteiger partial charge on any atom is 0.202 e. The van der Waals surface area contributed by atoms with Crippen LogP contribution in [-0.4, -0.2) is 82.0 Å². The summed E-state index contributed by atoms with van der Waals surface area (Å²) in [5, 5.41) is 44.6. The first-order chi connectivity index (χ1) is 18.1. The predicted octanol–water partition coefficient (Wildman–Crippen LogP) is 1.26. The number of hydrogen-bond donors (Lipinski definition) is 5. The van der Waals surface area contributed by atoms with E-state index in [2.05, 4.69) is 0 Å². The van der Waals surface area contributed by atoms with E-state index in [1.807, 2.05) is 0 Å². The summed E-state index contributed by atoms with van der Waals surface area (Å²) in [6.07, 6.45) is -4.05. The van der Waals surface area contributed by atoms with Crippen molar-refractivity contribution in [1.29, 1.82) is 0 Å². The van der Waals surface area contributed by atoms with Crippen molar-refractivity contribution in [3.8, 4) is 17.2 Å². The Morgan fingerprint density at radius 1 is 1.10 bits per heavy atom. The van der Waals surface area contributed by atoms with E-state index in [9.17, 15) is 30.0 Å². The summed E-state index contributed by atoms with van der Waals surface area (Å²) < 4.78 is 22.7. The number of fused-ring (bicyclic) bond motifs is 3. The number of ketones is 2. The number of aliphatic hydroxyl groups excluding tert-OH is 1. The van der Waals surface area contributed by atoms with Crippen molar-refractivity contribution in [2.75, 3.05) is 13.7 Å². The minimum Gasteiger partial charge on any atom is -0.507 e. The zero-order valence-corrected chi connectivity index (χ0v) is 22.1. The fourth-order valence-electron chi connectivity index (χ4n) is 6.02. The number of aliphatic hydroxyl groups is 2. The van der Waals surface area contributed by atoms with E-state index < -0.39 is 65.4 Å². The van der Waals surface area contributed by atoms with Gasteiger partial charge in [0.25, 0.3) is 0 Å². The minimum atomic E-state index is -1.47. The lowest BCUT2D eigenvalue weighted by atomic mass is 9.72. The molecule has 11 nitrogen and oxygen atoms in total. The lowest BCUT2D eigenvalue weighted by Crippen LogP contribution is -2.52. The van der Waals surface area contributed by atoms with E-state index in [4.69, 9.17) is 24.7 Å². The first-order valence-corrected chi connectivity index (χ1v) is 12.5. The molecule has 0 amide bonds. The number of hydrogen-bond acceptors (Lipinski definition) is 11. The monoisotopic (exact) mass is 563 g/mol. The van der Waals surface area contributed by atoms with Gasteiger partial charge >= 0.3 is 0 Å². The number of aromatic hydroxyl groups is 2. The van der Waals surface area contributed by atoms with Crippen LogP contribution in [-0.2, 0) is 20.6 Å². The molecule has 2 saturated heterocycles. The third-order valence-corrected chi connectivity index (χ3v) is 8.10. The van der Waals surface area contributed by atoms with Gasteiger partial charge in [0.2, 0.25) is 5.78 Å². The molecule has 0 aromatic heterocycles. The largest absolute Gasteiger partial charge is 0.507 e. The summed E-state index contributed by atoms with van der Waals surface area (Å²) in [5.74, 6) is -2.19. The highest BCUT2D eigenvalue weighted by Crippen LogP contribution is 2.54. The zero-order chi connectivity index (χ0) is 27.1. The van der Waals surface area contributed by atoms with Crippen molar-refractivity contribution in [1.82, 2.24) is 0 Å². The summed E-state index contributed by atoms with van der Waals surface area (Å²) in [7, 11) is 1.37. The van der Waals surface area contributed by atoms with Crippen LogP contribution in [0.5, 0.6) is 17.2 Å². The second-order valence-electron chi connectivity index (χ2n) is 10.5. The van der Waals surface area contributed by atoms with E-state index in [-0.39, 0.29) is 70.8 Å². The lowest BCUT2D eigenvalue weighted by molar-refractivity contribution is -0.248. The SMILES string of the molecule is COc1cccc2c1C(=O)c1c(O)c3c(c(O)c1C2=O)CC(O)(C1CO1)CC3OC1CC(N)C(O)C(C)O1.Cl. The van der Waals surface area contributed by atoms with Gasteiger partial charge in [-0.1, -0.05) is 12.1 Å². The van der Waals surface area contributed by atoms with E-state index in [1.54, 1.807) is 13.0 Å². The number of benzene rings is 2. The molecular formula is C27H30ClNO10. The molecule has 7 unspecified atom stereocenters. The standard InChI is InChI=1S/C27H29NO10.ClH/c1-10-22(29)13(28)6-17(37-10)38-15-8-27(34,16-9-36-16)7-12-19(15)26(33)21-20(24(12)31)23(30)11-4-3-5-14(35-2)18(11)25(21)32;/h3-5,10,13,15-17,22,29,31,33-34H,6-9,28H2,1-2H3;1H. The molecule has 39 heavy (non-hydrogen) atoms. The van der Waals surface area contributed by atoms with Crippen LogP contribution in [0.1, 0.15) is 68.8 Å². The topological polar surface area (TPSA) is 181 Å². The van der Waals surface area contributed by atoms with E-state index in [1.165, 1.54) is 19.2 Å². The third kappa shape index (κ3) is 4.20. The van der Waals surface area contributed by atoms with Crippen molar-refractivity contribution < 1.29 is 49.0 Å². The van der Waals surface area contributed by atoms with Gasteiger partial charge in [-0.3, -0.25) is 9.59 Å². The number of phenolic OH excluding ortho intramolecular Hbond substituents is 2. The summed E-state index contributed by atoms with van der Waals surface area (Å²) in [6.45, 7) is 1.95.